The summed E-state index contributed by atoms with van der Waals surface area (Å²) in [4.78, 5) is 27.8. The fraction of sp³-hybridized carbons (Fsp3) is 0.786. The standard InChI is InChI=1S/C14H20N2O2S/c1-7(2)14(3)12(18)16-13(19-14)15-10-5-9-4-8(10)6-11(9)17/h7-10H,4-6H2,1-3H3,(H,15,16,18)/t8-,9-,10+,14-/m1/s1. The molecule has 4 nitrogen and oxygen atoms in total. The number of ketones is 1. The number of amidine groups is 1. The fourth-order valence-corrected chi connectivity index (χ4v) is 4.38. The van der Waals surface area contributed by atoms with Crippen LogP contribution in [-0.2, 0) is 9.59 Å². The molecule has 5 heteroatoms. The van der Waals surface area contributed by atoms with Crippen molar-refractivity contribution in [1.29, 1.82) is 0 Å². The summed E-state index contributed by atoms with van der Waals surface area (Å²) >= 11 is 1.55. The summed E-state index contributed by atoms with van der Waals surface area (Å²) in [6.45, 7) is 6.08. The summed E-state index contributed by atoms with van der Waals surface area (Å²) in [5.74, 6) is 1.35. The highest BCUT2D eigenvalue weighted by Crippen LogP contribution is 2.44. The van der Waals surface area contributed by atoms with Crippen LogP contribution < -0.4 is 5.32 Å². The van der Waals surface area contributed by atoms with Gasteiger partial charge in [0.15, 0.2) is 5.17 Å². The van der Waals surface area contributed by atoms with Crippen molar-refractivity contribution >= 4 is 28.6 Å². The lowest BCUT2D eigenvalue weighted by molar-refractivity contribution is -0.122. The van der Waals surface area contributed by atoms with Crippen molar-refractivity contribution in [2.75, 3.05) is 0 Å². The van der Waals surface area contributed by atoms with Crippen molar-refractivity contribution in [2.24, 2.45) is 22.7 Å². The van der Waals surface area contributed by atoms with Crippen LogP contribution in [0.1, 0.15) is 40.0 Å². The number of nitrogens with zero attached hydrogens (tertiary/aromatic N) is 1. The molecule has 0 unspecified atom stereocenters. The Morgan fingerprint density at radius 1 is 1.37 bits per heavy atom. The van der Waals surface area contributed by atoms with Gasteiger partial charge >= 0.3 is 0 Å². The molecule has 0 aromatic heterocycles. The van der Waals surface area contributed by atoms with Gasteiger partial charge in [-0.15, -0.1) is 0 Å². The van der Waals surface area contributed by atoms with E-state index in [0.717, 1.165) is 18.0 Å². The van der Waals surface area contributed by atoms with Gasteiger partial charge in [-0.25, -0.2) is 0 Å². The van der Waals surface area contributed by atoms with Gasteiger partial charge in [-0.3, -0.25) is 9.59 Å². The van der Waals surface area contributed by atoms with Gasteiger partial charge in [0.1, 0.15) is 10.5 Å². The second kappa shape index (κ2) is 4.33. The third kappa shape index (κ3) is 2.02. The average Bonchev–Trinajstić information content (AvgIpc) is 2.94. The first-order chi connectivity index (χ1) is 8.90. The van der Waals surface area contributed by atoms with E-state index in [1.54, 1.807) is 11.8 Å². The summed E-state index contributed by atoms with van der Waals surface area (Å²) in [5.41, 5.74) is 0. The molecule has 2 aliphatic carbocycles. The van der Waals surface area contributed by atoms with Gasteiger partial charge in [-0.2, -0.15) is 4.99 Å². The van der Waals surface area contributed by atoms with E-state index in [2.05, 4.69) is 24.2 Å². The Labute approximate surface area is 117 Å². The fourth-order valence-electron chi connectivity index (χ4n) is 3.27. The molecule has 1 heterocycles. The molecular formula is C14H20N2O2S. The van der Waals surface area contributed by atoms with Crippen molar-refractivity contribution in [3.05, 3.63) is 0 Å². The molecule has 0 spiro atoms. The zero-order chi connectivity index (χ0) is 13.8. The lowest BCUT2D eigenvalue weighted by Crippen LogP contribution is -2.39. The van der Waals surface area contributed by atoms with E-state index in [1.165, 1.54) is 0 Å². The van der Waals surface area contributed by atoms with Gasteiger partial charge in [0, 0.05) is 18.4 Å². The smallest absolute Gasteiger partial charge is 0.264 e. The maximum Gasteiger partial charge on any atom is 0.264 e. The van der Waals surface area contributed by atoms with E-state index < -0.39 is 4.75 Å². The SMILES string of the molecule is CC(C)[C@@]1(C)SC(N[C@H]2C[C@H]3C[C@@H]2CC3=O)=NC1=O. The number of thioether (sulfide) groups is 1. The minimum Gasteiger partial charge on any atom is -0.361 e. The van der Waals surface area contributed by atoms with Crippen molar-refractivity contribution in [3.8, 4) is 0 Å². The number of aliphatic imine (C=N–C) groups is 1. The van der Waals surface area contributed by atoms with E-state index in [4.69, 9.17) is 0 Å². The van der Waals surface area contributed by atoms with E-state index in [9.17, 15) is 9.59 Å². The molecule has 2 bridgehead atoms. The van der Waals surface area contributed by atoms with E-state index >= 15 is 0 Å². The predicted molar refractivity (Wildman–Crippen MR) is 76.0 cm³/mol. The van der Waals surface area contributed by atoms with Gasteiger partial charge in [-0.05, 0) is 31.6 Å². The highest BCUT2D eigenvalue weighted by atomic mass is 32.2. The summed E-state index contributed by atoms with van der Waals surface area (Å²) in [6, 6.07) is 0.330. The maximum absolute atomic E-state index is 12.0. The van der Waals surface area contributed by atoms with Crippen molar-refractivity contribution in [3.63, 3.8) is 0 Å². The Hall–Kier alpha value is -0.840. The second-order valence-corrected chi connectivity index (χ2v) is 7.87. The van der Waals surface area contributed by atoms with Gasteiger partial charge in [0.2, 0.25) is 0 Å². The number of carbonyl (C=O) groups is 2. The molecule has 3 rings (SSSR count). The van der Waals surface area contributed by atoms with Gasteiger partial charge in [0.25, 0.3) is 5.91 Å². The molecule has 0 aromatic carbocycles. The number of hydrogen-bond donors (Lipinski definition) is 1. The number of hydrogen-bond acceptors (Lipinski definition) is 4. The minimum atomic E-state index is -0.435. The van der Waals surface area contributed by atoms with Gasteiger partial charge in [0.05, 0.1) is 0 Å². The molecule has 2 saturated carbocycles. The monoisotopic (exact) mass is 280 g/mol. The molecule has 19 heavy (non-hydrogen) atoms. The molecule has 1 amide bonds. The Morgan fingerprint density at radius 3 is 2.58 bits per heavy atom. The summed E-state index contributed by atoms with van der Waals surface area (Å²) in [6.07, 6.45) is 2.63. The largest absolute Gasteiger partial charge is 0.361 e. The highest BCUT2D eigenvalue weighted by Gasteiger charge is 2.48. The average molecular weight is 280 g/mol. The molecule has 1 aliphatic heterocycles. The third-order valence-electron chi connectivity index (χ3n) is 4.96. The van der Waals surface area contributed by atoms with Gasteiger partial charge in [-0.1, -0.05) is 25.6 Å². The Morgan fingerprint density at radius 2 is 2.11 bits per heavy atom. The molecular weight excluding hydrogens is 260 g/mol. The van der Waals surface area contributed by atoms with Crippen LogP contribution in [0.2, 0.25) is 0 Å². The molecule has 0 saturated heterocycles. The van der Waals surface area contributed by atoms with Crippen LogP contribution in [0.5, 0.6) is 0 Å². The van der Waals surface area contributed by atoms with E-state index in [1.807, 2.05) is 6.92 Å². The van der Waals surface area contributed by atoms with Crippen LogP contribution >= 0.6 is 11.8 Å². The van der Waals surface area contributed by atoms with Crippen LogP contribution in [0.3, 0.4) is 0 Å². The van der Waals surface area contributed by atoms with Gasteiger partial charge < -0.3 is 5.32 Å². The van der Waals surface area contributed by atoms with Crippen molar-refractivity contribution in [2.45, 2.75) is 50.8 Å². The lowest BCUT2D eigenvalue weighted by Gasteiger charge is -2.26. The quantitative estimate of drug-likeness (QED) is 0.840. The van der Waals surface area contributed by atoms with Crippen LogP contribution in [-0.4, -0.2) is 27.6 Å². The molecule has 104 valence electrons. The molecule has 0 aromatic rings. The summed E-state index contributed by atoms with van der Waals surface area (Å²) < 4.78 is -0.435. The second-order valence-electron chi connectivity index (χ2n) is 6.44. The zero-order valence-corrected chi connectivity index (χ0v) is 12.4. The third-order valence-corrected chi connectivity index (χ3v) is 6.43. The lowest BCUT2D eigenvalue weighted by atomic mass is 9.94. The van der Waals surface area contributed by atoms with Crippen molar-refractivity contribution < 1.29 is 9.59 Å². The number of rotatable bonds is 2. The first-order valence-electron chi connectivity index (χ1n) is 7.01. The van der Waals surface area contributed by atoms with Crippen LogP contribution in [0, 0.1) is 17.8 Å². The Bertz CT molecular complexity index is 474. The Kier molecular flexibility index (Phi) is 3.00. The normalized spacial score (nSPS) is 41.3. The molecule has 0 radical (unpaired) electrons. The predicted octanol–water partition coefficient (Wildman–Crippen LogP) is 1.99. The van der Waals surface area contributed by atoms with E-state index in [-0.39, 0.29) is 17.7 Å². The maximum atomic E-state index is 12.0. The van der Waals surface area contributed by atoms with Crippen molar-refractivity contribution in [1.82, 2.24) is 5.32 Å². The van der Waals surface area contributed by atoms with E-state index in [0.29, 0.717) is 24.2 Å². The number of nitrogens with one attached hydrogen (secondary N) is 1. The van der Waals surface area contributed by atoms with Crippen LogP contribution in [0.4, 0.5) is 0 Å². The number of Topliss-reactive ketones (excluding diaryl/α,β-unsaturated/α-hetero) is 1. The van der Waals surface area contributed by atoms with Crippen LogP contribution in [0.25, 0.3) is 0 Å². The molecule has 2 fully saturated rings. The minimum absolute atomic E-state index is 0.0331. The topological polar surface area (TPSA) is 58.5 Å². The summed E-state index contributed by atoms with van der Waals surface area (Å²) in [5, 5.41) is 4.17. The number of fused-ring (bicyclic) bond motifs is 2. The Balaban J connectivity index is 1.66. The first-order valence-corrected chi connectivity index (χ1v) is 7.83. The summed E-state index contributed by atoms with van der Waals surface area (Å²) in [7, 11) is 0. The molecule has 3 aliphatic rings. The number of carbonyl (C=O) groups excluding carboxylic acids is 2. The number of amides is 1. The van der Waals surface area contributed by atoms with Crippen LogP contribution in [0.15, 0.2) is 4.99 Å². The molecule has 1 N–H and O–H groups in total. The molecule has 4 atom stereocenters. The first kappa shape index (κ1) is 13.2. The zero-order valence-electron chi connectivity index (χ0n) is 11.6. The highest BCUT2D eigenvalue weighted by molar-refractivity contribution is 8.16.